The van der Waals surface area contributed by atoms with Crippen LogP contribution in [-0.2, 0) is 6.42 Å². The van der Waals surface area contributed by atoms with Crippen LogP contribution in [0.3, 0.4) is 0 Å². The average Bonchev–Trinajstić information content (AvgIpc) is 2.89. The Morgan fingerprint density at radius 2 is 2.16 bits per heavy atom. The van der Waals surface area contributed by atoms with Crippen LogP contribution in [0.25, 0.3) is 0 Å². The maximum Gasteiger partial charge on any atom is 0.137 e. The van der Waals surface area contributed by atoms with Gasteiger partial charge in [-0.15, -0.1) is 0 Å². The zero-order chi connectivity index (χ0) is 13.5. The molecule has 0 aliphatic carbocycles. The maximum atomic E-state index is 6.09. The highest BCUT2D eigenvalue weighted by Gasteiger charge is 2.00. The molecule has 0 bridgehead atoms. The summed E-state index contributed by atoms with van der Waals surface area (Å²) in [4.78, 5) is 0. The van der Waals surface area contributed by atoms with E-state index >= 15 is 0 Å². The minimum absolute atomic E-state index is 0.631. The molecule has 0 atom stereocenters. The number of halogens is 1. The summed E-state index contributed by atoms with van der Waals surface area (Å²) >= 11 is 7.83. The Bertz CT molecular complexity index is 499. The van der Waals surface area contributed by atoms with E-state index in [2.05, 4.69) is 22.1 Å². The normalized spacial score (nSPS) is 10.6. The van der Waals surface area contributed by atoms with Crippen LogP contribution in [0.4, 0.5) is 0 Å². The van der Waals surface area contributed by atoms with Crippen molar-refractivity contribution in [3.63, 3.8) is 0 Å². The summed E-state index contributed by atoms with van der Waals surface area (Å²) in [5.74, 6) is 0.756. The molecule has 1 heterocycles. The van der Waals surface area contributed by atoms with E-state index in [0.717, 1.165) is 30.8 Å². The molecule has 0 radical (unpaired) electrons. The fraction of sp³-hybridized carbons (Fsp3) is 0.333. The first-order chi connectivity index (χ1) is 9.25. The smallest absolute Gasteiger partial charge is 0.137 e. The standard InChI is InChI=1S/C15H18ClNOS/c1-12-2-3-15(14(16)10-12)18-8-7-17-6-4-13-5-9-19-11-13/h2-3,5,9-11,17H,4,6-8H2,1H3. The van der Waals surface area contributed by atoms with Crippen LogP contribution in [0, 0.1) is 6.92 Å². The first-order valence-electron chi connectivity index (χ1n) is 6.36. The largest absolute Gasteiger partial charge is 0.491 e. The van der Waals surface area contributed by atoms with E-state index in [-0.39, 0.29) is 0 Å². The third-order valence-corrected chi connectivity index (χ3v) is 3.82. The molecular weight excluding hydrogens is 278 g/mol. The zero-order valence-electron chi connectivity index (χ0n) is 11.0. The van der Waals surface area contributed by atoms with Gasteiger partial charge in [0.15, 0.2) is 0 Å². The number of aryl methyl sites for hydroxylation is 1. The van der Waals surface area contributed by atoms with Gasteiger partial charge in [0, 0.05) is 6.54 Å². The van der Waals surface area contributed by atoms with Gasteiger partial charge in [-0.3, -0.25) is 0 Å². The van der Waals surface area contributed by atoms with Crippen molar-refractivity contribution in [2.24, 2.45) is 0 Å². The Balaban J connectivity index is 1.61. The van der Waals surface area contributed by atoms with E-state index in [9.17, 15) is 0 Å². The van der Waals surface area contributed by atoms with Gasteiger partial charge in [0.05, 0.1) is 5.02 Å². The molecule has 1 N–H and O–H groups in total. The molecule has 2 nitrogen and oxygen atoms in total. The van der Waals surface area contributed by atoms with Crippen LogP contribution in [0.5, 0.6) is 5.75 Å². The van der Waals surface area contributed by atoms with Gasteiger partial charge in [0.2, 0.25) is 0 Å². The summed E-state index contributed by atoms with van der Waals surface area (Å²) in [6, 6.07) is 8.00. The van der Waals surface area contributed by atoms with Crippen molar-refractivity contribution in [3.8, 4) is 5.75 Å². The number of nitrogens with one attached hydrogen (secondary N) is 1. The van der Waals surface area contributed by atoms with Crippen molar-refractivity contribution in [2.75, 3.05) is 19.7 Å². The molecular formula is C15H18ClNOS. The van der Waals surface area contributed by atoms with E-state index in [1.165, 1.54) is 5.56 Å². The minimum Gasteiger partial charge on any atom is -0.491 e. The van der Waals surface area contributed by atoms with E-state index in [1.54, 1.807) is 11.3 Å². The molecule has 4 heteroatoms. The van der Waals surface area contributed by atoms with Crippen molar-refractivity contribution in [2.45, 2.75) is 13.3 Å². The van der Waals surface area contributed by atoms with E-state index < -0.39 is 0 Å². The van der Waals surface area contributed by atoms with E-state index in [0.29, 0.717) is 11.6 Å². The molecule has 19 heavy (non-hydrogen) atoms. The lowest BCUT2D eigenvalue weighted by Crippen LogP contribution is -2.23. The van der Waals surface area contributed by atoms with Gasteiger partial charge < -0.3 is 10.1 Å². The van der Waals surface area contributed by atoms with Gasteiger partial charge >= 0.3 is 0 Å². The number of thiophene rings is 1. The van der Waals surface area contributed by atoms with Crippen molar-refractivity contribution in [1.82, 2.24) is 5.32 Å². The summed E-state index contributed by atoms with van der Waals surface area (Å²) in [5, 5.41) is 8.33. The van der Waals surface area contributed by atoms with Crippen LogP contribution in [0.2, 0.25) is 5.02 Å². The summed E-state index contributed by atoms with van der Waals surface area (Å²) in [7, 11) is 0. The number of rotatable bonds is 7. The lowest BCUT2D eigenvalue weighted by molar-refractivity contribution is 0.314. The van der Waals surface area contributed by atoms with Gasteiger partial charge in [-0.1, -0.05) is 17.7 Å². The van der Waals surface area contributed by atoms with Crippen molar-refractivity contribution < 1.29 is 4.74 Å². The molecule has 0 aliphatic heterocycles. The van der Waals surface area contributed by atoms with Gasteiger partial charge in [-0.05, 0) is 60.0 Å². The Hall–Kier alpha value is -1.03. The molecule has 0 amide bonds. The Kier molecular flexibility index (Phi) is 5.70. The third-order valence-electron chi connectivity index (χ3n) is 2.79. The summed E-state index contributed by atoms with van der Waals surface area (Å²) < 4.78 is 5.64. The van der Waals surface area contributed by atoms with Crippen molar-refractivity contribution in [3.05, 3.63) is 51.2 Å². The first-order valence-corrected chi connectivity index (χ1v) is 7.68. The van der Waals surface area contributed by atoms with Gasteiger partial charge in [-0.2, -0.15) is 11.3 Å². The highest BCUT2D eigenvalue weighted by atomic mass is 35.5. The number of ether oxygens (including phenoxy) is 1. The van der Waals surface area contributed by atoms with Crippen LogP contribution in [0.15, 0.2) is 35.0 Å². The maximum absolute atomic E-state index is 6.09. The predicted octanol–water partition coefficient (Wildman–Crippen LogP) is 3.92. The highest BCUT2D eigenvalue weighted by Crippen LogP contribution is 2.24. The number of benzene rings is 1. The predicted molar refractivity (Wildman–Crippen MR) is 82.6 cm³/mol. The Morgan fingerprint density at radius 1 is 1.26 bits per heavy atom. The molecule has 1 aromatic carbocycles. The average molecular weight is 296 g/mol. The van der Waals surface area contributed by atoms with Crippen LogP contribution in [-0.4, -0.2) is 19.7 Å². The second kappa shape index (κ2) is 7.53. The van der Waals surface area contributed by atoms with Crippen LogP contribution < -0.4 is 10.1 Å². The fourth-order valence-corrected chi connectivity index (χ4v) is 2.74. The van der Waals surface area contributed by atoms with Gasteiger partial charge in [-0.25, -0.2) is 0 Å². The SMILES string of the molecule is Cc1ccc(OCCNCCc2ccsc2)c(Cl)c1. The van der Waals surface area contributed by atoms with Crippen molar-refractivity contribution >= 4 is 22.9 Å². The number of hydrogen-bond donors (Lipinski definition) is 1. The lowest BCUT2D eigenvalue weighted by Gasteiger charge is -2.09. The van der Waals surface area contributed by atoms with Crippen LogP contribution >= 0.6 is 22.9 Å². The van der Waals surface area contributed by atoms with E-state index in [4.69, 9.17) is 16.3 Å². The number of hydrogen-bond acceptors (Lipinski definition) is 3. The molecule has 0 aliphatic rings. The Morgan fingerprint density at radius 3 is 2.89 bits per heavy atom. The molecule has 2 rings (SSSR count). The zero-order valence-corrected chi connectivity index (χ0v) is 12.6. The van der Waals surface area contributed by atoms with Crippen LogP contribution in [0.1, 0.15) is 11.1 Å². The second-order valence-corrected chi connectivity index (χ2v) is 5.60. The molecule has 102 valence electrons. The highest BCUT2D eigenvalue weighted by molar-refractivity contribution is 7.07. The molecule has 0 saturated heterocycles. The molecule has 0 saturated carbocycles. The van der Waals surface area contributed by atoms with Gasteiger partial charge in [0.1, 0.15) is 12.4 Å². The summed E-state index contributed by atoms with van der Waals surface area (Å²) in [6.45, 7) is 4.45. The first kappa shape index (κ1) is 14.4. The third kappa shape index (κ3) is 4.86. The van der Waals surface area contributed by atoms with Crippen molar-refractivity contribution in [1.29, 1.82) is 0 Å². The Labute approximate surface area is 123 Å². The monoisotopic (exact) mass is 295 g/mol. The minimum atomic E-state index is 0.631. The summed E-state index contributed by atoms with van der Waals surface area (Å²) in [6.07, 6.45) is 1.06. The molecule has 0 fully saturated rings. The van der Waals surface area contributed by atoms with Gasteiger partial charge in [0.25, 0.3) is 0 Å². The molecule has 0 spiro atoms. The second-order valence-electron chi connectivity index (χ2n) is 4.41. The molecule has 0 unspecified atom stereocenters. The quantitative estimate of drug-likeness (QED) is 0.782. The summed E-state index contributed by atoms with van der Waals surface area (Å²) in [5.41, 5.74) is 2.53. The topological polar surface area (TPSA) is 21.3 Å². The fourth-order valence-electron chi connectivity index (χ4n) is 1.75. The lowest BCUT2D eigenvalue weighted by atomic mass is 10.2. The van der Waals surface area contributed by atoms with E-state index in [1.807, 2.05) is 25.1 Å². The molecule has 1 aromatic heterocycles. The molecule has 2 aromatic rings.